The van der Waals surface area contributed by atoms with Gasteiger partial charge in [0.05, 0.1) is 10.6 Å². The smallest absolute Gasteiger partial charge is 0.271 e. The average Bonchev–Trinajstić information content (AvgIpc) is 3.02. The zero-order valence-corrected chi connectivity index (χ0v) is 12.7. The van der Waals surface area contributed by atoms with Crippen molar-refractivity contribution in [3.8, 4) is 0 Å². The summed E-state index contributed by atoms with van der Waals surface area (Å²) >= 11 is 1.06. The zero-order valence-electron chi connectivity index (χ0n) is 11.1. The predicted octanol–water partition coefficient (Wildman–Crippen LogP) is 0.697. The number of hydrogen-bond acceptors (Lipinski definition) is 6. The number of carbonyl (C=O) groups is 1. The first kappa shape index (κ1) is 14.1. The van der Waals surface area contributed by atoms with E-state index in [1.807, 2.05) is 0 Å². The topological polar surface area (TPSA) is 106 Å². The van der Waals surface area contributed by atoms with Gasteiger partial charge in [-0.1, -0.05) is 4.49 Å². The van der Waals surface area contributed by atoms with Crippen molar-refractivity contribution < 1.29 is 13.2 Å². The van der Waals surface area contributed by atoms with Gasteiger partial charge in [0.2, 0.25) is 10.0 Å². The fourth-order valence-corrected chi connectivity index (χ4v) is 3.49. The summed E-state index contributed by atoms with van der Waals surface area (Å²) in [7, 11) is -3.73. The lowest BCUT2D eigenvalue weighted by molar-refractivity contribution is 0.0992. The molecular weight excluding hydrogens is 312 g/mol. The van der Waals surface area contributed by atoms with Gasteiger partial charge in [-0.3, -0.25) is 4.79 Å². The van der Waals surface area contributed by atoms with Gasteiger partial charge in [-0.25, -0.2) is 13.6 Å². The van der Waals surface area contributed by atoms with E-state index in [1.165, 1.54) is 12.1 Å². The Hall–Kier alpha value is -1.84. The Labute approximate surface area is 125 Å². The summed E-state index contributed by atoms with van der Waals surface area (Å²) in [5.74, 6) is -0.162. The zero-order chi connectivity index (χ0) is 15.2. The van der Waals surface area contributed by atoms with E-state index in [4.69, 9.17) is 5.14 Å². The molecule has 3 rings (SSSR count). The maximum Gasteiger partial charge on any atom is 0.271 e. The monoisotopic (exact) mass is 324 g/mol. The lowest BCUT2D eigenvalue weighted by Crippen LogP contribution is -2.28. The van der Waals surface area contributed by atoms with Crippen molar-refractivity contribution in [3.63, 3.8) is 0 Å². The van der Waals surface area contributed by atoms with Crippen molar-refractivity contribution >= 4 is 33.2 Å². The highest BCUT2D eigenvalue weighted by Gasteiger charge is 2.28. The number of anilines is 1. The van der Waals surface area contributed by atoms with Crippen LogP contribution in [0.25, 0.3) is 0 Å². The van der Waals surface area contributed by atoms with Gasteiger partial charge in [0.15, 0.2) is 0 Å². The van der Waals surface area contributed by atoms with Gasteiger partial charge in [-0.15, -0.1) is 5.10 Å². The fourth-order valence-electron chi connectivity index (χ4n) is 2.32. The van der Waals surface area contributed by atoms with Crippen LogP contribution in [-0.4, -0.2) is 30.5 Å². The molecule has 1 aromatic carbocycles. The molecule has 0 atom stereocenters. The molecule has 0 unspecified atom stereocenters. The van der Waals surface area contributed by atoms with Gasteiger partial charge in [-0.2, -0.15) is 0 Å². The highest BCUT2D eigenvalue weighted by molar-refractivity contribution is 7.89. The molecule has 0 saturated carbocycles. The van der Waals surface area contributed by atoms with Gasteiger partial charge in [0.25, 0.3) is 5.91 Å². The summed E-state index contributed by atoms with van der Waals surface area (Å²) < 4.78 is 26.5. The van der Waals surface area contributed by atoms with Crippen LogP contribution in [0.2, 0.25) is 0 Å². The number of nitrogens with zero attached hydrogens (tertiary/aromatic N) is 3. The number of nitrogens with two attached hydrogens (primary N) is 1. The number of fused-ring (bicyclic) bond motifs is 1. The molecule has 0 bridgehead atoms. The van der Waals surface area contributed by atoms with Crippen LogP contribution in [0.5, 0.6) is 0 Å². The van der Waals surface area contributed by atoms with Crippen LogP contribution in [0.1, 0.15) is 20.9 Å². The number of primary sulfonamides is 1. The number of sulfonamides is 1. The summed E-state index contributed by atoms with van der Waals surface area (Å²) in [6.45, 7) is 2.23. The molecule has 0 aliphatic carbocycles. The first-order chi connectivity index (χ1) is 9.88. The standard InChI is InChI=1S/C12H12N4O3S2/c1-7-11(20-15-14-7)12(17)16-5-4-8-6-9(21(13,18)19)2-3-10(8)16/h2-3,6H,4-5H2,1H3,(H2,13,18,19). The van der Waals surface area contributed by atoms with Gasteiger partial charge in [0, 0.05) is 12.2 Å². The first-order valence-corrected chi connectivity index (χ1v) is 8.46. The summed E-state index contributed by atoms with van der Waals surface area (Å²) in [4.78, 5) is 14.7. The van der Waals surface area contributed by atoms with Crippen molar-refractivity contribution in [1.82, 2.24) is 9.59 Å². The quantitative estimate of drug-likeness (QED) is 0.875. The second-order valence-electron chi connectivity index (χ2n) is 4.73. The lowest BCUT2D eigenvalue weighted by Gasteiger charge is -2.16. The Morgan fingerprint density at radius 1 is 1.43 bits per heavy atom. The maximum absolute atomic E-state index is 12.5. The van der Waals surface area contributed by atoms with E-state index in [2.05, 4.69) is 9.59 Å². The number of hydrogen-bond donors (Lipinski definition) is 1. The van der Waals surface area contributed by atoms with Crippen molar-refractivity contribution in [2.75, 3.05) is 11.4 Å². The largest absolute Gasteiger partial charge is 0.307 e. The summed E-state index contributed by atoms with van der Waals surface area (Å²) in [5.41, 5.74) is 2.10. The van der Waals surface area contributed by atoms with Gasteiger partial charge >= 0.3 is 0 Å². The molecule has 0 fully saturated rings. The Kier molecular flexibility index (Phi) is 3.27. The molecular formula is C12H12N4O3S2. The maximum atomic E-state index is 12.5. The summed E-state index contributed by atoms with van der Waals surface area (Å²) in [6.07, 6.45) is 0.593. The first-order valence-electron chi connectivity index (χ1n) is 6.14. The third kappa shape index (κ3) is 2.43. The van der Waals surface area contributed by atoms with Crippen molar-refractivity contribution in [3.05, 3.63) is 34.3 Å². The Balaban J connectivity index is 1.98. The average molecular weight is 324 g/mol. The minimum atomic E-state index is -3.73. The number of amides is 1. The van der Waals surface area contributed by atoms with Gasteiger partial charge in [0.1, 0.15) is 4.88 Å². The molecule has 1 aromatic heterocycles. The molecule has 21 heavy (non-hydrogen) atoms. The van der Waals surface area contributed by atoms with E-state index in [0.717, 1.165) is 17.1 Å². The van der Waals surface area contributed by atoms with Crippen LogP contribution in [0.15, 0.2) is 23.1 Å². The van der Waals surface area contributed by atoms with Crippen LogP contribution < -0.4 is 10.0 Å². The molecule has 2 heterocycles. The summed E-state index contributed by atoms with van der Waals surface area (Å²) in [5, 5.41) is 8.96. The van der Waals surface area contributed by atoms with Crippen molar-refractivity contribution in [1.29, 1.82) is 0 Å². The molecule has 2 N–H and O–H groups in total. The minimum Gasteiger partial charge on any atom is -0.307 e. The predicted molar refractivity (Wildman–Crippen MR) is 77.8 cm³/mol. The highest BCUT2D eigenvalue weighted by atomic mass is 32.2. The third-order valence-electron chi connectivity index (χ3n) is 3.37. The van der Waals surface area contributed by atoms with Crippen LogP contribution in [0, 0.1) is 6.92 Å². The van der Waals surface area contributed by atoms with E-state index in [0.29, 0.717) is 29.2 Å². The lowest BCUT2D eigenvalue weighted by atomic mass is 10.2. The molecule has 0 radical (unpaired) electrons. The number of aromatic nitrogens is 2. The summed E-state index contributed by atoms with van der Waals surface area (Å²) in [6, 6.07) is 4.55. The van der Waals surface area contributed by atoms with Gasteiger partial charge < -0.3 is 4.90 Å². The normalized spacial score (nSPS) is 14.3. The molecule has 1 amide bonds. The van der Waals surface area contributed by atoms with Crippen molar-refractivity contribution in [2.24, 2.45) is 5.14 Å². The number of aryl methyl sites for hydroxylation is 1. The Morgan fingerprint density at radius 2 is 2.19 bits per heavy atom. The minimum absolute atomic E-state index is 0.0613. The van der Waals surface area contributed by atoms with E-state index in [-0.39, 0.29) is 10.8 Å². The van der Waals surface area contributed by atoms with Crippen LogP contribution in [0.3, 0.4) is 0 Å². The number of rotatable bonds is 2. The molecule has 0 saturated heterocycles. The Bertz CT molecular complexity index is 829. The molecule has 2 aromatic rings. The van der Waals surface area contributed by atoms with Crippen LogP contribution in [-0.2, 0) is 16.4 Å². The molecule has 9 heteroatoms. The fraction of sp³-hybridized carbons (Fsp3) is 0.250. The highest BCUT2D eigenvalue weighted by Crippen LogP contribution is 2.31. The number of benzene rings is 1. The SMILES string of the molecule is Cc1nnsc1C(=O)N1CCc2cc(S(N)(=O)=O)ccc21. The second kappa shape index (κ2) is 4.86. The third-order valence-corrected chi connectivity index (χ3v) is 5.09. The molecule has 7 nitrogen and oxygen atoms in total. The van der Waals surface area contributed by atoms with Crippen LogP contribution in [0.4, 0.5) is 5.69 Å². The van der Waals surface area contributed by atoms with E-state index in [9.17, 15) is 13.2 Å². The van der Waals surface area contributed by atoms with Gasteiger partial charge in [-0.05, 0) is 48.6 Å². The van der Waals surface area contributed by atoms with E-state index < -0.39 is 10.0 Å². The molecule has 1 aliphatic rings. The van der Waals surface area contributed by atoms with Crippen LogP contribution >= 0.6 is 11.5 Å². The molecule has 1 aliphatic heterocycles. The Morgan fingerprint density at radius 3 is 2.81 bits per heavy atom. The van der Waals surface area contributed by atoms with E-state index in [1.54, 1.807) is 17.9 Å². The molecule has 0 spiro atoms. The molecule has 110 valence electrons. The van der Waals surface area contributed by atoms with Crippen molar-refractivity contribution in [2.45, 2.75) is 18.2 Å². The number of carbonyl (C=O) groups excluding carboxylic acids is 1. The van der Waals surface area contributed by atoms with E-state index >= 15 is 0 Å². The second-order valence-corrected chi connectivity index (χ2v) is 7.05.